The van der Waals surface area contributed by atoms with Crippen molar-refractivity contribution in [2.45, 2.75) is 0 Å². The highest BCUT2D eigenvalue weighted by atomic mass is 79.9. The molecule has 0 spiro atoms. The fourth-order valence-corrected chi connectivity index (χ4v) is 2.96. The van der Waals surface area contributed by atoms with Gasteiger partial charge in [0.2, 0.25) is 0 Å². The Morgan fingerprint density at radius 1 is 1.33 bits per heavy atom. The maximum atomic E-state index is 13.2. The van der Waals surface area contributed by atoms with Gasteiger partial charge in [-0.25, -0.2) is 9.18 Å². The van der Waals surface area contributed by atoms with Gasteiger partial charge in [0.1, 0.15) is 5.82 Å². The Bertz CT molecular complexity index is 619. The van der Waals surface area contributed by atoms with E-state index in [1.807, 2.05) is 6.07 Å². The Balaban J connectivity index is 2.35. The molecule has 2 rings (SSSR count). The number of benzene rings is 1. The van der Waals surface area contributed by atoms with E-state index in [1.165, 1.54) is 29.5 Å². The summed E-state index contributed by atoms with van der Waals surface area (Å²) in [5.41, 5.74) is 0.759. The first-order valence-electron chi connectivity index (χ1n) is 5.02. The molecule has 0 saturated carbocycles. The summed E-state index contributed by atoms with van der Waals surface area (Å²) >= 11 is 4.77. The van der Waals surface area contributed by atoms with Gasteiger partial charge in [-0.05, 0) is 36.4 Å². The average Bonchev–Trinajstić information content (AvgIpc) is 2.78. The Morgan fingerprint density at radius 2 is 2.11 bits per heavy atom. The third-order valence-corrected chi connectivity index (χ3v) is 3.99. The summed E-state index contributed by atoms with van der Waals surface area (Å²) in [6.07, 6.45) is 2.60. The van der Waals surface area contributed by atoms with Gasteiger partial charge in [0, 0.05) is 25.9 Å². The molecule has 0 unspecified atom stereocenters. The van der Waals surface area contributed by atoms with Gasteiger partial charge >= 0.3 is 5.97 Å². The van der Waals surface area contributed by atoms with Gasteiger partial charge < -0.3 is 5.11 Å². The fraction of sp³-hybridized carbons (Fsp3) is 0. The number of carboxylic acids is 1. The van der Waals surface area contributed by atoms with Crippen molar-refractivity contribution >= 4 is 39.3 Å². The number of halogens is 2. The van der Waals surface area contributed by atoms with Crippen LogP contribution in [0.2, 0.25) is 0 Å². The van der Waals surface area contributed by atoms with Crippen molar-refractivity contribution in [3.8, 4) is 10.4 Å². The smallest absolute Gasteiger partial charge is 0.328 e. The SMILES string of the molecule is O=C(O)/C=C/c1ccc(-c2cc(F)ccc2Br)s1. The largest absolute Gasteiger partial charge is 0.478 e. The third kappa shape index (κ3) is 3.05. The number of thiophene rings is 1. The predicted molar refractivity (Wildman–Crippen MR) is 74.1 cm³/mol. The minimum atomic E-state index is -0.989. The molecule has 0 atom stereocenters. The van der Waals surface area contributed by atoms with Crippen molar-refractivity contribution < 1.29 is 14.3 Å². The lowest BCUT2D eigenvalue weighted by molar-refractivity contribution is -0.131. The summed E-state index contributed by atoms with van der Waals surface area (Å²) in [5, 5.41) is 8.54. The second-order valence-corrected chi connectivity index (χ2v) is 5.47. The first kappa shape index (κ1) is 13.0. The van der Waals surface area contributed by atoms with Gasteiger partial charge in [0.15, 0.2) is 0 Å². The van der Waals surface area contributed by atoms with Crippen LogP contribution < -0.4 is 0 Å². The van der Waals surface area contributed by atoms with Gasteiger partial charge in [-0.2, -0.15) is 0 Å². The number of carbonyl (C=O) groups is 1. The van der Waals surface area contributed by atoms with E-state index in [9.17, 15) is 9.18 Å². The number of rotatable bonds is 3. The zero-order valence-electron chi connectivity index (χ0n) is 9.06. The molecular weight excluding hydrogens is 319 g/mol. The number of hydrogen-bond acceptors (Lipinski definition) is 2. The summed E-state index contributed by atoms with van der Waals surface area (Å²) in [4.78, 5) is 12.1. The fourth-order valence-electron chi connectivity index (χ4n) is 1.43. The van der Waals surface area contributed by atoms with Gasteiger partial charge in [-0.15, -0.1) is 11.3 Å². The van der Waals surface area contributed by atoms with Crippen LogP contribution in [0.15, 0.2) is 40.9 Å². The Labute approximate surface area is 116 Å². The van der Waals surface area contributed by atoms with E-state index in [1.54, 1.807) is 12.1 Å². The minimum Gasteiger partial charge on any atom is -0.478 e. The first-order chi connectivity index (χ1) is 8.56. The highest BCUT2D eigenvalue weighted by molar-refractivity contribution is 9.10. The second-order valence-electron chi connectivity index (χ2n) is 3.50. The Kier molecular flexibility index (Phi) is 3.93. The van der Waals surface area contributed by atoms with Crippen LogP contribution in [0.3, 0.4) is 0 Å². The molecule has 0 bridgehead atoms. The number of carboxylic acid groups (broad SMARTS) is 1. The van der Waals surface area contributed by atoms with E-state index < -0.39 is 5.97 Å². The molecule has 0 aliphatic heterocycles. The van der Waals surface area contributed by atoms with Crippen LogP contribution in [0.25, 0.3) is 16.5 Å². The van der Waals surface area contributed by atoms with Crippen LogP contribution in [0.4, 0.5) is 4.39 Å². The van der Waals surface area contributed by atoms with E-state index in [0.717, 1.165) is 25.9 Å². The van der Waals surface area contributed by atoms with E-state index in [-0.39, 0.29) is 5.82 Å². The van der Waals surface area contributed by atoms with Crippen LogP contribution >= 0.6 is 27.3 Å². The van der Waals surface area contributed by atoms with Crippen LogP contribution in [-0.4, -0.2) is 11.1 Å². The molecule has 1 aromatic heterocycles. The topological polar surface area (TPSA) is 37.3 Å². The summed E-state index contributed by atoms with van der Waals surface area (Å²) in [5.74, 6) is -1.29. The lowest BCUT2D eigenvalue weighted by Gasteiger charge is -2.00. The van der Waals surface area contributed by atoms with E-state index in [0.29, 0.717) is 0 Å². The van der Waals surface area contributed by atoms with E-state index >= 15 is 0 Å². The molecule has 0 fully saturated rings. The maximum Gasteiger partial charge on any atom is 0.328 e. The highest BCUT2D eigenvalue weighted by Gasteiger charge is 2.07. The second kappa shape index (κ2) is 5.46. The van der Waals surface area contributed by atoms with Gasteiger partial charge in [-0.3, -0.25) is 0 Å². The molecule has 18 heavy (non-hydrogen) atoms. The van der Waals surface area contributed by atoms with Crippen LogP contribution in [0.5, 0.6) is 0 Å². The van der Waals surface area contributed by atoms with Crippen LogP contribution in [-0.2, 0) is 4.79 Å². The summed E-state index contributed by atoms with van der Waals surface area (Å²) in [7, 11) is 0. The summed E-state index contributed by atoms with van der Waals surface area (Å²) in [6.45, 7) is 0. The van der Waals surface area contributed by atoms with Crippen LogP contribution in [0.1, 0.15) is 4.88 Å². The van der Waals surface area contributed by atoms with Crippen molar-refractivity contribution in [1.29, 1.82) is 0 Å². The Morgan fingerprint density at radius 3 is 2.83 bits per heavy atom. The van der Waals surface area contributed by atoms with Crippen molar-refractivity contribution in [2.24, 2.45) is 0 Å². The number of aliphatic carboxylic acids is 1. The summed E-state index contributed by atoms with van der Waals surface area (Å²) < 4.78 is 14.0. The van der Waals surface area contributed by atoms with Gasteiger partial charge in [0.05, 0.1) is 0 Å². The molecule has 1 aromatic carbocycles. The highest BCUT2D eigenvalue weighted by Crippen LogP contribution is 2.34. The first-order valence-corrected chi connectivity index (χ1v) is 6.63. The van der Waals surface area contributed by atoms with E-state index in [4.69, 9.17) is 5.11 Å². The molecule has 2 aromatic rings. The van der Waals surface area contributed by atoms with Crippen LogP contribution in [0, 0.1) is 5.82 Å². The van der Waals surface area contributed by atoms with Crippen molar-refractivity contribution in [2.75, 3.05) is 0 Å². The molecule has 0 aliphatic rings. The molecule has 0 amide bonds. The normalized spacial score (nSPS) is 11.0. The van der Waals surface area contributed by atoms with E-state index in [2.05, 4.69) is 15.9 Å². The monoisotopic (exact) mass is 326 g/mol. The predicted octanol–water partition coefficient (Wildman–Crippen LogP) is 4.41. The third-order valence-electron chi connectivity index (χ3n) is 2.21. The van der Waals surface area contributed by atoms with Gasteiger partial charge in [-0.1, -0.05) is 15.9 Å². The molecule has 0 aliphatic carbocycles. The maximum absolute atomic E-state index is 13.2. The molecular formula is C13H8BrFO2S. The minimum absolute atomic E-state index is 0.302. The zero-order chi connectivity index (χ0) is 13.1. The molecule has 92 valence electrons. The quantitative estimate of drug-likeness (QED) is 0.848. The average molecular weight is 327 g/mol. The number of hydrogen-bond donors (Lipinski definition) is 1. The molecule has 2 nitrogen and oxygen atoms in total. The molecule has 0 saturated heterocycles. The lowest BCUT2D eigenvalue weighted by Crippen LogP contribution is -1.84. The summed E-state index contributed by atoms with van der Waals surface area (Å²) in [6, 6.07) is 8.12. The van der Waals surface area contributed by atoms with Crippen molar-refractivity contribution in [1.82, 2.24) is 0 Å². The molecule has 0 radical (unpaired) electrons. The zero-order valence-corrected chi connectivity index (χ0v) is 11.5. The molecule has 1 heterocycles. The van der Waals surface area contributed by atoms with Crippen molar-refractivity contribution in [3.63, 3.8) is 0 Å². The lowest BCUT2D eigenvalue weighted by atomic mass is 10.2. The molecule has 5 heteroatoms. The van der Waals surface area contributed by atoms with Crippen molar-refractivity contribution in [3.05, 3.63) is 51.6 Å². The molecule has 1 N–H and O–H groups in total. The van der Waals surface area contributed by atoms with Gasteiger partial charge in [0.25, 0.3) is 0 Å². The standard InChI is InChI=1S/C13H8BrFO2S/c14-11-4-1-8(15)7-10(11)12-5-2-9(18-12)3-6-13(16)17/h1-7H,(H,16,17)/b6-3+. The Hall–Kier alpha value is -1.46.